The number of hydrogen-bond acceptors (Lipinski definition) is 8. The minimum atomic E-state index is -0.820. The first-order valence-corrected chi connectivity index (χ1v) is 14.9. The van der Waals surface area contributed by atoms with Crippen LogP contribution in [0.1, 0.15) is 65.9 Å². The van der Waals surface area contributed by atoms with Crippen molar-refractivity contribution in [2.45, 2.75) is 90.8 Å². The van der Waals surface area contributed by atoms with E-state index >= 15 is 0 Å². The Morgan fingerprint density at radius 3 is 2.32 bits per heavy atom. The molecule has 0 radical (unpaired) electrons. The molecule has 0 fully saturated rings. The van der Waals surface area contributed by atoms with Gasteiger partial charge in [0.15, 0.2) is 0 Å². The molecule has 8 heteroatoms. The quantitative estimate of drug-likeness (QED) is 0.228. The lowest BCUT2D eigenvalue weighted by molar-refractivity contribution is -0.141. The van der Waals surface area contributed by atoms with Crippen molar-refractivity contribution in [1.82, 2.24) is 0 Å². The summed E-state index contributed by atoms with van der Waals surface area (Å²) in [6.45, 7) is 11.4. The predicted molar refractivity (Wildman–Crippen MR) is 158 cm³/mol. The topological polar surface area (TPSA) is 115 Å². The summed E-state index contributed by atoms with van der Waals surface area (Å²) in [5, 5.41) is 29.9. The number of allylic oxidation sites excluding steroid dienone is 1. The highest BCUT2D eigenvalue weighted by Crippen LogP contribution is 2.32. The SMILES string of the molecule is CCC(O)C(O)CCOc1ccc(C2=CC3C=CC(OCC(O)CCOC(CC(C)C)C(C)C)=CC3OC2=O)cc1. The molecule has 1 aliphatic heterocycles. The second-order valence-corrected chi connectivity index (χ2v) is 11.7. The van der Waals surface area contributed by atoms with E-state index in [2.05, 4.69) is 27.7 Å². The van der Waals surface area contributed by atoms with Gasteiger partial charge in [-0.2, -0.15) is 0 Å². The number of hydrogen-bond donors (Lipinski definition) is 3. The van der Waals surface area contributed by atoms with Gasteiger partial charge in [-0.25, -0.2) is 4.79 Å². The van der Waals surface area contributed by atoms with Gasteiger partial charge in [0.05, 0.1) is 36.6 Å². The van der Waals surface area contributed by atoms with E-state index in [0.29, 0.717) is 54.8 Å². The number of esters is 1. The van der Waals surface area contributed by atoms with E-state index in [1.54, 1.807) is 30.3 Å². The number of aliphatic hydroxyl groups excluding tert-OH is 3. The van der Waals surface area contributed by atoms with Gasteiger partial charge < -0.3 is 34.3 Å². The second-order valence-electron chi connectivity index (χ2n) is 11.7. The molecular weight excluding hydrogens is 524 g/mol. The number of fused-ring (bicyclic) bond motifs is 1. The minimum Gasteiger partial charge on any atom is -0.493 e. The zero-order valence-electron chi connectivity index (χ0n) is 25.1. The average molecular weight is 573 g/mol. The van der Waals surface area contributed by atoms with Crippen LogP contribution in [0.3, 0.4) is 0 Å². The molecule has 1 aromatic rings. The Morgan fingerprint density at radius 2 is 1.66 bits per heavy atom. The Bertz CT molecular complexity index is 1040. The lowest BCUT2D eigenvalue weighted by Crippen LogP contribution is -2.31. The molecule has 1 aromatic carbocycles. The molecule has 8 nitrogen and oxygen atoms in total. The largest absolute Gasteiger partial charge is 0.493 e. The van der Waals surface area contributed by atoms with Crippen molar-refractivity contribution in [2.75, 3.05) is 19.8 Å². The smallest absolute Gasteiger partial charge is 0.339 e. The Morgan fingerprint density at radius 1 is 0.927 bits per heavy atom. The van der Waals surface area contributed by atoms with Crippen LogP contribution in [0.4, 0.5) is 0 Å². The molecule has 0 spiro atoms. The van der Waals surface area contributed by atoms with Gasteiger partial charge in [0, 0.05) is 18.9 Å². The fourth-order valence-corrected chi connectivity index (χ4v) is 4.79. The monoisotopic (exact) mass is 572 g/mol. The maximum absolute atomic E-state index is 12.8. The summed E-state index contributed by atoms with van der Waals surface area (Å²) in [5.41, 5.74) is 1.20. The first-order valence-electron chi connectivity index (χ1n) is 14.9. The van der Waals surface area contributed by atoms with E-state index < -0.39 is 30.4 Å². The number of rotatable bonds is 17. The molecule has 0 saturated heterocycles. The Hall–Kier alpha value is -2.65. The maximum Gasteiger partial charge on any atom is 0.339 e. The van der Waals surface area contributed by atoms with Gasteiger partial charge in [-0.15, -0.1) is 0 Å². The van der Waals surface area contributed by atoms with Crippen LogP contribution in [0.15, 0.2) is 54.3 Å². The zero-order valence-corrected chi connectivity index (χ0v) is 25.1. The zero-order chi connectivity index (χ0) is 29.9. The molecule has 0 bridgehead atoms. The Kier molecular flexibility index (Phi) is 12.9. The summed E-state index contributed by atoms with van der Waals surface area (Å²) >= 11 is 0. The highest BCUT2D eigenvalue weighted by atomic mass is 16.5. The third kappa shape index (κ3) is 10.3. The van der Waals surface area contributed by atoms with Crippen molar-refractivity contribution in [3.05, 3.63) is 59.9 Å². The van der Waals surface area contributed by atoms with E-state index in [-0.39, 0.29) is 25.2 Å². The molecule has 0 amide bonds. The molecule has 3 rings (SSSR count). The molecule has 1 heterocycles. The molecule has 3 N–H and O–H groups in total. The third-order valence-corrected chi connectivity index (χ3v) is 7.40. The minimum absolute atomic E-state index is 0.121. The van der Waals surface area contributed by atoms with Crippen LogP contribution in [-0.4, -0.2) is 71.6 Å². The van der Waals surface area contributed by atoms with E-state index in [1.807, 2.05) is 25.2 Å². The average Bonchev–Trinajstić information content (AvgIpc) is 2.94. The third-order valence-electron chi connectivity index (χ3n) is 7.40. The summed E-state index contributed by atoms with van der Waals surface area (Å²) in [5.74, 6) is 1.62. The number of carbonyl (C=O) groups is 1. The molecule has 6 atom stereocenters. The fourth-order valence-electron chi connectivity index (χ4n) is 4.79. The molecule has 6 unspecified atom stereocenters. The van der Waals surface area contributed by atoms with Gasteiger partial charge in [-0.1, -0.05) is 58.9 Å². The van der Waals surface area contributed by atoms with Gasteiger partial charge >= 0.3 is 5.97 Å². The van der Waals surface area contributed by atoms with Crippen molar-refractivity contribution in [3.63, 3.8) is 0 Å². The van der Waals surface area contributed by atoms with Crippen LogP contribution in [0.5, 0.6) is 5.75 Å². The van der Waals surface area contributed by atoms with Crippen LogP contribution < -0.4 is 4.74 Å². The van der Waals surface area contributed by atoms with Crippen LogP contribution in [0.25, 0.3) is 5.57 Å². The molecule has 41 heavy (non-hydrogen) atoms. The van der Waals surface area contributed by atoms with E-state index in [0.717, 1.165) is 12.0 Å². The summed E-state index contributed by atoms with van der Waals surface area (Å²) in [4.78, 5) is 12.8. The maximum atomic E-state index is 12.8. The van der Waals surface area contributed by atoms with Crippen molar-refractivity contribution in [1.29, 1.82) is 0 Å². The van der Waals surface area contributed by atoms with E-state index in [1.165, 1.54) is 0 Å². The number of benzene rings is 1. The standard InChI is InChI=1S/C33H48O8/c1-6-29(35)30(36)14-16-38-26-10-7-23(8-11-26)28-18-24-9-12-27(19-32(24)41-33(28)37)40-20-25(34)13-15-39-31(22(4)5)17-21(2)3/h7-12,18-19,21-22,24-25,29-32,34-36H,6,13-17,20H2,1-5H3. The summed E-state index contributed by atoms with van der Waals surface area (Å²) in [6.07, 6.45) is 7.22. The van der Waals surface area contributed by atoms with Crippen LogP contribution in [-0.2, 0) is 19.0 Å². The summed E-state index contributed by atoms with van der Waals surface area (Å²) in [6, 6.07) is 7.14. The van der Waals surface area contributed by atoms with Crippen molar-refractivity contribution in [3.8, 4) is 5.75 Å². The number of ether oxygens (including phenoxy) is 4. The van der Waals surface area contributed by atoms with Gasteiger partial charge in [0.1, 0.15) is 24.2 Å². The van der Waals surface area contributed by atoms with Gasteiger partial charge in [-0.3, -0.25) is 0 Å². The Balaban J connectivity index is 1.47. The summed E-state index contributed by atoms with van der Waals surface area (Å²) in [7, 11) is 0. The van der Waals surface area contributed by atoms with Gasteiger partial charge in [-0.05, 0) is 60.9 Å². The second kappa shape index (κ2) is 16.1. The normalized spacial score (nSPS) is 21.5. The molecule has 2 aliphatic rings. The van der Waals surface area contributed by atoms with Crippen molar-refractivity contribution < 1.29 is 39.1 Å². The first kappa shape index (κ1) is 32.9. The molecule has 0 saturated carbocycles. The highest BCUT2D eigenvalue weighted by molar-refractivity contribution is 6.17. The van der Waals surface area contributed by atoms with Crippen LogP contribution in [0, 0.1) is 17.8 Å². The number of aliphatic hydroxyl groups is 3. The lowest BCUT2D eigenvalue weighted by Gasteiger charge is -2.29. The molecule has 0 aromatic heterocycles. The van der Waals surface area contributed by atoms with E-state index in [4.69, 9.17) is 18.9 Å². The molecule has 228 valence electrons. The van der Waals surface area contributed by atoms with E-state index in [9.17, 15) is 20.1 Å². The summed E-state index contributed by atoms with van der Waals surface area (Å²) < 4.78 is 23.2. The number of carbonyl (C=O) groups excluding carboxylic acids is 1. The fraction of sp³-hybridized carbons (Fsp3) is 0.606. The van der Waals surface area contributed by atoms with Crippen molar-refractivity contribution in [2.24, 2.45) is 17.8 Å². The highest BCUT2D eigenvalue weighted by Gasteiger charge is 2.31. The van der Waals surface area contributed by atoms with Gasteiger partial charge in [0.2, 0.25) is 0 Å². The van der Waals surface area contributed by atoms with Crippen LogP contribution >= 0.6 is 0 Å². The Labute approximate surface area is 244 Å². The van der Waals surface area contributed by atoms with Crippen LogP contribution in [0.2, 0.25) is 0 Å². The van der Waals surface area contributed by atoms with Gasteiger partial charge in [0.25, 0.3) is 0 Å². The first-order chi connectivity index (χ1) is 19.6. The molecular formula is C33H48O8. The lowest BCUT2D eigenvalue weighted by atomic mass is 9.90. The van der Waals surface area contributed by atoms with Crippen molar-refractivity contribution >= 4 is 11.5 Å². The predicted octanol–water partition coefficient (Wildman–Crippen LogP) is 4.82. The molecule has 1 aliphatic carbocycles.